The van der Waals surface area contributed by atoms with Crippen molar-refractivity contribution in [2.75, 3.05) is 5.75 Å². The first-order valence-electron chi connectivity index (χ1n) is 5.79. The van der Waals surface area contributed by atoms with Crippen LogP contribution in [0.3, 0.4) is 0 Å². The van der Waals surface area contributed by atoms with Crippen LogP contribution in [0.4, 0.5) is 4.39 Å². The molecule has 5 heteroatoms. The minimum Gasteiger partial charge on any atom is -0.293 e. The lowest BCUT2D eigenvalue weighted by Gasteiger charge is -2.03. The molecule has 1 aromatic carbocycles. The summed E-state index contributed by atoms with van der Waals surface area (Å²) >= 11 is 1.22. The van der Waals surface area contributed by atoms with E-state index in [4.69, 9.17) is 0 Å². The number of rotatable bonds is 4. The van der Waals surface area contributed by atoms with Crippen molar-refractivity contribution in [3.05, 3.63) is 53.1 Å². The second-order valence-electron chi connectivity index (χ2n) is 4.12. The van der Waals surface area contributed by atoms with Crippen molar-refractivity contribution in [2.24, 2.45) is 0 Å². The van der Waals surface area contributed by atoms with Crippen LogP contribution in [0.2, 0.25) is 0 Å². The molecule has 0 saturated carbocycles. The third-order valence-electron chi connectivity index (χ3n) is 2.47. The van der Waals surface area contributed by atoms with Gasteiger partial charge in [0.1, 0.15) is 5.82 Å². The molecule has 2 rings (SSSR count). The lowest BCUT2D eigenvalue weighted by atomic mass is 10.1. The summed E-state index contributed by atoms with van der Waals surface area (Å²) in [4.78, 5) is 20.3. The van der Waals surface area contributed by atoms with Gasteiger partial charge in [-0.25, -0.2) is 14.4 Å². The van der Waals surface area contributed by atoms with Gasteiger partial charge >= 0.3 is 0 Å². The first kappa shape index (κ1) is 13.7. The molecule has 3 nitrogen and oxygen atoms in total. The Kier molecular flexibility index (Phi) is 4.27. The Labute approximate surface area is 115 Å². The highest BCUT2D eigenvalue weighted by Crippen LogP contribution is 2.17. The molecule has 98 valence electrons. The highest BCUT2D eigenvalue weighted by molar-refractivity contribution is 7.99. The van der Waals surface area contributed by atoms with Crippen LogP contribution in [0.1, 0.15) is 21.7 Å². The fourth-order valence-electron chi connectivity index (χ4n) is 1.65. The Morgan fingerprint density at radius 2 is 1.84 bits per heavy atom. The molecule has 0 aliphatic rings. The van der Waals surface area contributed by atoms with Gasteiger partial charge < -0.3 is 0 Å². The molecule has 0 radical (unpaired) electrons. The third kappa shape index (κ3) is 3.61. The number of benzene rings is 1. The zero-order valence-corrected chi connectivity index (χ0v) is 11.5. The predicted molar refractivity (Wildman–Crippen MR) is 73.0 cm³/mol. The molecule has 0 bridgehead atoms. The van der Waals surface area contributed by atoms with Gasteiger partial charge in [-0.05, 0) is 32.0 Å². The lowest BCUT2D eigenvalue weighted by Crippen LogP contribution is -2.06. The van der Waals surface area contributed by atoms with Gasteiger partial charge in [-0.2, -0.15) is 0 Å². The summed E-state index contributed by atoms with van der Waals surface area (Å²) in [5, 5.41) is 0.544. The number of halogens is 1. The number of ketones is 1. The number of Topliss-reactive ketones (excluding diaryl/α,β-unsaturated/α-hetero) is 1. The maximum Gasteiger partial charge on any atom is 0.188 e. The molecule has 0 aliphatic heterocycles. The molecule has 2 aromatic rings. The van der Waals surface area contributed by atoms with Gasteiger partial charge in [-0.3, -0.25) is 4.79 Å². The van der Waals surface area contributed by atoms with Crippen molar-refractivity contribution in [1.82, 2.24) is 9.97 Å². The Morgan fingerprint density at radius 3 is 2.47 bits per heavy atom. The summed E-state index contributed by atoms with van der Waals surface area (Å²) in [6, 6.07) is 7.84. The fourth-order valence-corrected chi connectivity index (χ4v) is 2.49. The number of aromatic nitrogens is 2. The highest BCUT2D eigenvalue weighted by Gasteiger charge is 2.12. The molecule has 0 aliphatic carbocycles. The predicted octanol–water partition coefficient (Wildman–Crippen LogP) is 3.21. The summed E-state index contributed by atoms with van der Waals surface area (Å²) in [5.74, 6) is -0.621. The van der Waals surface area contributed by atoms with Crippen molar-refractivity contribution in [3.8, 4) is 0 Å². The van der Waals surface area contributed by atoms with Crippen LogP contribution in [-0.2, 0) is 0 Å². The van der Waals surface area contributed by atoms with E-state index >= 15 is 0 Å². The number of carbonyl (C=O) groups excluding carboxylic acids is 1. The van der Waals surface area contributed by atoms with Crippen molar-refractivity contribution in [3.63, 3.8) is 0 Å². The minimum atomic E-state index is -0.491. The second kappa shape index (κ2) is 5.93. The summed E-state index contributed by atoms with van der Waals surface area (Å²) in [5.41, 5.74) is 1.82. The van der Waals surface area contributed by atoms with E-state index in [0.717, 1.165) is 11.4 Å². The van der Waals surface area contributed by atoms with Crippen LogP contribution in [0.15, 0.2) is 35.5 Å². The van der Waals surface area contributed by atoms with Crippen LogP contribution in [-0.4, -0.2) is 21.5 Å². The molecule has 0 unspecified atom stereocenters. The average molecular weight is 276 g/mol. The van der Waals surface area contributed by atoms with E-state index in [2.05, 4.69) is 9.97 Å². The van der Waals surface area contributed by atoms with E-state index in [1.165, 1.54) is 23.9 Å². The van der Waals surface area contributed by atoms with Crippen molar-refractivity contribution in [2.45, 2.75) is 19.0 Å². The molecule has 0 atom stereocenters. The number of nitrogens with zero attached hydrogens (tertiary/aromatic N) is 2. The molecule has 19 heavy (non-hydrogen) atoms. The van der Waals surface area contributed by atoms with Crippen LogP contribution in [0.5, 0.6) is 0 Å². The summed E-state index contributed by atoms with van der Waals surface area (Å²) < 4.78 is 13.4. The molecular weight excluding hydrogens is 263 g/mol. The van der Waals surface area contributed by atoms with Gasteiger partial charge in [-0.1, -0.05) is 23.9 Å². The summed E-state index contributed by atoms with van der Waals surface area (Å²) in [6.45, 7) is 3.74. The zero-order valence-electron chi connectivity index (χ0n) is 10.7. The standard InChI is InChI=1S/C14H13FN2OS/c1-9-7-10(2)17-14(16-9)19-8-13(18)11-5-3-4-6-12(11)15/h3-7H,8H2,1-2H3. The largest absolute Gasteiger partial charge is 0.293 e. The maximum absolute atomic E-state index is 13.4. The van der Waals surface area contributed by atoms with Gasteiger partial charge in [0.25, 0.3) is 0 Å². The topological polar surface area (TPSA) is 42.9 Å². The van der Waals surface area contributed by atoms with E-state index in [1.807, 2.05) is 19.9 Å². The monoisotopic (exact) mass is 276 g/mol. The number of hydrogen-bond donors (Lipinski definition) is 0. The number of aryl methyl sites for hydroxylation is 2. The molecule has 0 spiro atoms. The summed E-state index contributed by atoms with van der Waals surface area (Å²) in [7, 11) is 0. The molecule has 0 amide bonds. The minimum absolute atomic E-state index is 0.111. The van der Waals surface area contributed by atoms with E-state index < -0.39 is 5.82 Å². The van der Waals surface area contributed by atoms with Crippen LogP contribution < -0.4 is 0 Å². The SMILES string of the molecule is Cc1cc(C)nc(SCC(=O)c2ccccc2F)n1. The van der Waals surface area contributed by atoms with Crippen molar-refractivity contribution < 1.29 is 9.18 Å². The van der Waals surface area contributed by atoms with Crippen LogP contribution in [0, 0.1) is 19.7 Å². The summed E-state index contributed by atoms with van der Waals surface area (Å²) in [6.07, 6.45) is 0. The second-order valence-corrected chi connectivity index (χ2v) is 5.07. The van der Waals surface area contributed by atoms with E-state index in [9.17, 15) is 9.18 Å². The van der Waals surface area contributed by atoms with Gasteiger partial charge in [0.15, 0.2) is 10.9 Å². The Balaban J connectivity index is 2.07. The van der Waals surface area contributed by atoms with Crippen LogP contribution >= 0.6 is 11.8 Å². The Morgan fingerprint density at radius 1 is 1.21 bits per heavy atom. The third-order valence-corrected chi connectivity index (χ3v) is 3.32. The normalized spacial score (nSPS) is 10.5. The zero-order chi connectivity index (χ0) is 13.8. The quantitative estimate of drug-likeness (QED) is 0.488. The molecule has 1 heterocycles. The van der Waals surface area contributed by atoms with Gasteiger partial charge in [0, 0.05) is 11.4 Å². The van der Waals surface area contributed by atoms with Gasteiger partial charge in [0.05, 0.1) is 11.3 Å². The highest BCUT2D eigenvalue weighted by atomic mass is 32.2. The van der Waals surface area contributed by atoms with Gasteiger partial charge in [0.2, 0.25) is 0 Å². The van der Waals surface area contributed by atoms with E-state index in [1.54, 1.807) is 12.1 Å². The lowest BCUT2D eigenvalue weighted by molar-refractivity contribution is 0.101. The molecule has 0 N–H and O–H groups in total. The van der Waals surface area contributed by atoms with E-state index in [-0.39, 0.29) is 17.1 Å². The van der Waals surface area contributed by atoms with E-state index in [0.29, 0.717) is 5.16 Å². The molecular formula is C14H13FN2OS. The Bertz CT molecular complexity index is 596. The average Bonchev–Trinajstić information content (AvgIpc) is 2.35. The first-order chi connectivity index (χ1) is 9.06. The fraction of sp³-hybridized carbons (Fsp3) is 0.214. The molecule has 0 saturated heterocycles. The van der Waals surface area contributed by atoms with Crippen molar-refractivity contribution >= 4 is 17.5 Å². The number of thioether (sulfide) groups is 1. The molecule has 1 aromatic heterocycles. The van der Waals surface area contributed by atoms with Gasteiger partial charge in [-0.15, -0.1) is 0 Å². The number of carbonyl (C=O) groups is 1. The maximum atomic E-state index is 13.4. The molecule has 0 fully saturated rings. The van der Waals surface area contributed by atoms with Crippen LogP contribution in [0.25, 0.3) is 0 Å². The Hall–Kier alpha value is -1.75. The smallest absolute Gasteiger partial charge is 0.188 e. The van der Waals surface area contributed by atoms with Crippen molar-refractivity contribution in [1.29, 1.82) is 0 Å². The number of hydrogen-bond acceptors (Lipinski definition) is 4. The first-order valence-corrected chi connectivity index (χ1v) is 6.77.